The van der Waals surface area contributed by atoms with Gasteiger partial charge in [0.1, 0.15) is 12.4 Å². The van der Waals surface area contributed by atoms with Crippen molar-refractivity contribution in [1.82, 2.24) is 15.5 Å². The van der Waals surface area contributed by atoms with Gasteiger partial charge < -0.3 is 20.1 Å². The van der Waals surface area contributed by atoms with Gasteiger partial charge in [0, 0.05) is 49.1 Å². The summed E-state index contributed by atoms with van der Waals surface area (Å²) in [6.45, 7) is 7.02. The smallest absolute Gasteiger partial charge is 0.191 e. The molecule has 3 rings (SSSR count). The van der Waals surface area contributed by atoms with Gasteiger partial charge in [0.2, 0.25) is 0 Å². The van der Waals surface area contributed by atoms with Crippen LogP contribution in [-0.2, 0) is 24.2 Å². The van der Waals surface area contributed by atoms with Gasteiger partial charge in [-0.05, 0) is 56.1 Å². The molecular weight excluding hydrogens is 408 g/mol. The Balaban J connectivity index is 1.40. The molecule has 0 aliphatic carbocycles. The molecule has 0 bridgehead atoms. The number of ether oxygens (including phenoxy) is 2. The summed E-state index contributed by atoms with van der Waals surface area (Å²) in [6, 6.07) is 13.3. The van der Waals surface area contributed by atoms with E-state index < -0.39 is 0 Å². The monoisotopic (exact) mass is 444 g/mol. The quantitative estimate of drug-likeness (QED) is 0.433. The van der Waals surface area contributed by atoms with Crippen LogP contribution in [-0.4, -0.2) is 57.4 Å². The van der Waals surface area contributed by atoms with Crippen LogP contribution >= 0.6 is 11.3 Å². The van der Waals surface area contributed by atoms with Crippen molar-refractivity contribution in [2.24, 2.45) is 4.99 Å². The van der Waals surface area contributed by atoms with Crippen LogP contribution < -0.4 is 15.4 Å². The van der Waals surface area contributed by atoms with Gasteiger partial charge in [-0.2, -0.15) is 0 Å². The Hall–Kier alpha value is -2.09. The Morgan fingerprint density at radius 1 is 1.16 bits per heavy atom. The minimum absolute atomic E-state index is 0.606. The number of benzene rings is 1. The van der Waals surface area contributed by atoms with Crippen LogP contribution in [0.3, 0.4) is 0 Å². The van der Waals surface area contributed by atoms with E-state index in [1.54, 1.807) is 7.05 Å². The fourth-order valence-corrected chi connectivity index (χ4v) is 4.54. The third-order valence-electron chi connectivity index (χ3n) is 5.60. The van der Waals surface area contributed by atoms with E-state index in [0.717, 1.165) is 57.3 Å². The van der Waals surface area contributed by atoms with E-state index in [9.17, 15) is 0 Å². The highest BCUT2D eigenvalue weighted by Crippen LogP contribution is 2.17. The summed E-state index contributed by atoms with van der Waals surface area (Å²) in [6.07, 6.45) is 3.31. The summed E-state index contributed by atoms with van der Waals surface area (Å²) < 4.78 is 11.5. The molecule has 0 atom stereocenters. The molecule has 2 heterocycles. The van der Waals surface area contributed by atoms with Gasteiger partial charge in [0.05, 0.1) is 6.54 Å². The minimum Gasteiger partial charge on any atom is -0.492 e. The number of guanidine groups is 1. The molecule has 0 saturated carbocycles. The molecule has 2 N–H and O–H groups in total. The zero-order chi connectivity index (χ0) is 21.9. The number of aliphatic imine (C=N–C) groups is 1. The standard InChI is InChI=1S/C24H36N4O2S/c1-4-22-8-9-23(31-22)18-27-24(25-2)26-17-19-6-5-7-21(16-19)30-15-12-28(3)20-10-13-29-14-11-20/h5-9,16,20H,4,10-15,17-18H2,1-3H3,(H2,25,26,27). The van der Waals surface area contributed by atoms with Crippen molar-refractivity contribution in [3.8, 4) is 5.75 Å². The summed E-state index contributed by atoms with van der Waals surface area (Å²) in [5.74, 6) is 1.71. The Bertz CT molecular complexity index is 817. The molecule has 0 radical (unpaired) electrons. The van der Waals surface area contributed by atoms with Crippen LogP contribution in [0.25, 0.3) is 0 Å². The van der Waals surface area contributed by atoms with Crippen LogP contribution in [0.1, 0.15) is 35.1 Å². The van der Waals surface area contributed by atoms with Gasteiger partial charge in [-0.25, -0.2) is 0 Å². The highest BCUT2D eigenvalue weighted by atomic mass is 32.1. The van der Waals surface area contributed by atoms with Crippen molar-refractivity contribution >= 4 is 17.3 Å². The third-order valence-corrected chi connectivity index (χ3v) is 6.83. The maximum atomic E-state index is 6.01. The molecule has 1 aromatic carbocycles. The van der Waals surface area contributed by atoms with Gasteiger partial charge in [-0.15, -0.1) is 11.3 Å². The van der Waals surface area contributed by atoms with E-state index in [4.69, 9.17) is 9.47 Å². The van der Waals surface area contributed by atoms with E-state index in [-0.39, 0.29) is 0 Å². The first-order chi connectivity index (χ1) is 15.2. The highest BCUT2D eigenvalue weighted by Gasteiger charge is 2.17. The summed E-state index contributed by atoms with van der Waals surface area (Å²) in [7, 11) is 3.98. The van der Waals surface area contributed by atoms with Crippen molar-refractivity contribution in [3.63, 3.8) is 0 Å². The molecule has 1 saturated heterocycles. The fraction of sp³-hybridized carbons (Fsp3) is 0.542. The minimum atomic E-state index is 0.606. The first kappa shape index (κ1) is 23.6. The number of nitrogens with one attached hydrogen (secondary N) is 2. The van der Waals surface area contributed by atoms with Gasteiger partial charge in [-0.1, -0.05) is 19.1 Å². The first-order valence-corrected chi connectivity index (χ1v) is 12.0. The largest absolute Gasteiger partial charge is 0.492 e. The molecule has 1 fully saturated rings. The van der Waals surface area contributed by atoms with Crippen molar-refractivity contribution in [2.75, 3.05) is 40.5 Å². The predicted molar refractivity (Wildman–Crippen MR) is 129 cm³/mol. The van der Waals surface area contributed by atoms with Crippen molar-refractivity contribution in [1.29, 1.82) is 0 Å². The van der Waals surface area contributed by atoms with Crippen molar-refractivity contribution < 1.29 is 9.47 Å². The van der Waals surface area contributed by atoms with Gasteiger partial charge in [0.15, 0.2) is 5.96 Å². The molecule has 31 heavy (non-hydrogen) atoms. The lowest BCUT2D eigenvalue weighted by Gasteiger charge is -2.31. The van der Waals surface area contributed by atoms with Crippen LogP contribution in [0.5, 0.6) is 5.75 Å². The third kappa shape index (κ3) is 7.83. The van der Waals surface area contributed by atoms with E-state index in [1.807, 2.05) is 23.5 Å². The van der Waals surface area contributed by atoms with Crippen LogP contribution in [0.2, 0.25) is 0 Å². The second-order valence-corrected chi connectivity index (χ2v) is 9.07. The van der Waals surface area contributed by atoms with Crippen LogP contribution in [0.4, 0.5) is 0 Å². The molecule has 0 spiro atoms. The number of hydrogen-bond donors (Lipinski definition) is 2. The number of rotatable bonds is 10. The summed E-state index contributed by atoms with van der Waals surface area (Å²) in [5.41, 5.74) is 1.17. The molecule has 2 aromatic rings. The zero-order valence-corrected chi connectivity index (χ0v) is 19.8. The summed E-state index contributed by atoms with van der Waals surface area (Å²) in [5, 5.41) is 6.78. The Morgan fingerprint density at radius 3 is 2.68 bits per heavy atom. The Kier molecular flexibility index (Phi) is 9.65. The number of likely N-dealkylation sites (N-methyl/N-ethyl adjacent to an activating group) is 1. The Labute approximate surface area is 190 Å². The lowest BCUT2D eigenvalue weighted by molar-refractivity contribution is 0.0392. The summed E-state index contributed by atoms with van der Waals surface area (Å²) >= 11 is 1.85. The summed E-state index contributed by atoms with van der Waals surface area (Å²) in [4.78, 5) is 9.46. The second-order valence-electron chi connectivity index (χ2n) is 7.82. The van der Waals surface area contributed by atoms with Crippen LogP contribution in [0, 0.1) is 0 Å². The molecule has 1 aliphatic heterocycles. The second kappa shape index (κ2) is 12.7. The lowest BCUT2D eigenvalue weighted by Crippen LogP contribution is -2.38. The van der Waals surface area contributed by atoms with E-state index in [0.29, 0.717) is 19.2 Å². The molecule has 7 heteroatoms. The molecule has 170 valence electrons. The zero-order valence-electron chi connectivity index (χ0n) is 19.0. The highest BCUT2D eigenvalue weighted by molar-refractivity contribution is 7.11. The van der Waals surface area contributed by atoms with Crippen molar-refractivity contribution in [3.05, 3.63) is 51.7 Å². The molecule has 0 amide bonds. The molecule has 1 aliphatic rings. The van der Waals surface area contributed by atoms with Gasteiger partial charge in [-0.3, -0.25) is 9.89 Å². The maximum absolute atomic E-state index is 6.01. The van der Waals surface area contributed by atoms with E-state index in [1.165, 1.54) is 15.3 Å². The molecular formula is C24H36N4O2S. The normalized spacial score (nSPS) is 15.3. The van der Waals surface area contributed by atoms with Gasteiger partial charge >= 0.3 is 0 Å². The number of thiophene rings is 1. The molecule has 0 unspecified atom stereocenters. The number of aryl methyl sites for hydroxylation is 1. The molecule has 6 nitrogen and oxygen atoms in total. The van der Waals surface area contributed by atoms with Gasteiger partial charge in [0.25, 0.3) is 0 Å². The average molecular weight is 445 g/mol. The lowest BCUT2D eigenvalue weighted by atomic mass is 10.1. The number of nitrogens with zero attached hydrogens (tertiary/aromatic N) is 2. The van der Waals surface area contributed by atoms with E-state index in [2.05, 4.69) is 58.8 Å². The number of hydrogen-bond acceptors (Lipinski definition) is 5. The molecule has 1 aromatic heterocycles. The maximum Gasteiger partial charge on any atom is 0.191 e. The first-order valence-electron chi connectivity index (χ1n) is 11.2. The Morgan fingerprint density at radius 2 is 1.94 bits per heavy atom. The average Bonchev–Trinajstić information content (AvgIpc) is 3.28. The topological polar surface area (TPSA) is 58.1 Å². The SMILES string of the molecule is CCc1ccc(CNC(=NC)NCc2cccc(OCCN(C)C3CCOCC3)c2)s1. The van der Waals surface area contributed by atoms with Crippen molar-refractivity contribution in [2.45, 2.75) is 45.3 Å². The fourth-order valence-electron chi connectivity index (χ4n) is 3.65. The van der Waals surface area contributed by atoms with E-state index >= 15 is 0 Å². The predicted octanol–water partition coefficient (Wildman–Crippen LogP) is 3.67. The van der Waals surface area contributed by atoms with Crippen LogP contribution in [0.15, 0.2) is 41.4 Å².